The van der Waals surface area contributed by atoms with Crippen molar-refractivity contribution in [3.63, 3.8) is 0 Å². The van der Waals surface area contributed by atoms with Gasteiger partial charge in [-0.2, -0.15) is 0 Å². The molecule has 1 fully saturated rings. The van der Waals surface area contributed by atoms with Crippen molar-refractivity contribution in [2.75, 3.05) is 0 Å². The lowest BCUT2D eigenvalue weighted by atomic mass is 9.94. The van der Waals surface area contributed by atoms with Crippen LogP contribution >= 0.6 is 22.6 Å². The van der Waals surface area contributed by atoms with Gasteiger partial charge in [-0.1, -0.05) is 17.3 Å². The SMILES string of the molecule is Cc1ccc2c(-n3c(=O)n(Cc4cc([C@@]5(C)OC(=O)NC5=O)ccc4I)c4ccc(OC(F)(F)F)cc43)noc2c1. The van der Waals surface area contributed by atoms with Crippen LogP contribution in [0.5, 0.6) is 5.75 Å². The normalized spacial score (nSPS) is 17.3. The fourth-order valence-electron chi connectivity index (χ4n) is 4.81. The molecule has 3 aromatic carbocycles. The number of ether oxygens (including phenoxy) is 2. The topological polar surface area (TPSA) is 118 Å². The molecule has 41 heavy (non-hydrogen) atoms. The minimum absolute atomic E-state index is 0.0333. The average Bonchev–Trinajstić information content (AvgIpc) is 3.50. The van der Waals surface area contributed by atoms with Crippen LogP contribution in [-0.2, 0) is 21.7 Å². The van der Waals surface area contributed by atoms with Crippen LogP contribution < -0.4 is 15.7 Å². The van der Waals surface area contributed by atoms with E-state index in [1.165, 1.54) is 22.1 Å². The lowest BCUT2D eigenvalue weighted by Gasteiger charge is -2.21. The summed E-state index contributed by atoms with van der Waals surface area (Å²) in [6.07, 6.45) is -5.81. The number of amides is 2. The monoisotopic (exact) mass is 678 g/mol. The maximum Gasteiger partial charge on any atom is 0.573 e. The predicted molar refractivity (Wildman–Crippen MR) is 147 cm³/mol. The van der Waals surface area contributed by atoms with Gasteiger partial charge >= 0.3 is 18.1 Å². The van der Waals surface area contributed by atoms with Crippen LogP contribution in [0.3, 0.4) is 0 Å². The highest BCUT2D eigenvalue weighted by Gasteiger charge is 2.46. The number of aryl methyl sites for hydroxylation is 1. The summed E-state index contributed by atoms with van der Waals surface area (Å²) in [5.41, 5.74) is 0.495. The smallest absolute Gasteiger partial charge is 0.428 e. The maximum absolute atomic E-state index is 14.0. The summed E-state index contributed by atoms with van der Waals surface area (Å²) in [7, 11) is 0. The molecular weight excluding hydrogens is 660 g/mol. The molecule has 0 bridgehead atoms. The molecule has 10 nitrogen and oxygen atoms in total. The third-order valence-electron chi connectivity index (χ3n) is 6.83. The van der Waals surface area contributed by atoms with E-state index in [-0.39, 0.29) is 17.9 Å². The number of hydrogen-bond acceptors (Lipinski definition) is 7. The van der Waals surface area contributed by atoms with Crippen molar-refractivity contribution in [2.24, 2.45) is 0 Å². The van der Waals surface area contributed by atoms with E-state index in [9.17, 15) is 27.6 Å². The molecule has 2 aromatic heterocycles. The summed E-state index contributed by atoms with van der Waals surface area (Å²) in [5, 5.41) is 6.66. The first kappa shape index (κ1) is 26.9. The highest BCUT2D eigenvalue weighted by molar-refractivity contribution is 14.1. The minimum Gasteiger partial charge on any atom is -0.428 e. The summed E-state index contributed by atoms with van der Waals surface area (Å²) >= 11 is 2.07. The molecule has 1 aliphatic heterocycles. The number of carbonyl (C=O) groups excluding carboxylic acids is 2. The highest BCUT2D eigenvalue weighted by atomic mass is 127. The van der Waals surface area contributed by atoms with Crippen LogP contribution in [0.25, 0.3) is 27.8 Å². The van der Waals surface area contributed by atoms with Crippen molar-refractivity contribution in [1.29, 1.82) is 0 Å². The van der Waals surface area contributed by atoms with Crippen molar-refractivity contribution in [1.82, 2.24) is 19.6 Å². The van der Waals surface area contributed by atoms with Gasteiger partial charge in [0.15, 0.2) is 11.4 Å². The molecule has 1 atom stereocenters. The van der Waals surface area contributed by atoms with Gasteiger partial charge in [0, 0.05) is 15.2 Å². The summed E-state index contributed by atoms with van der Waals surface area (Å²) < 4.78 is 57.2. The molecule has 0 aliphatic carbocycles. The first-order valence-corrected chi connectivity index (χ1v) is 13.1. The molecule has 1 aliphatic rings. The van der Waals surface area contributed by atoms with Crippen LogP contribution in [0.1, 0.15) is 23.6 Å². The zero-order valence-electron chi connectivity index (χ0n) is 21.2. The number of cyclic esters (lactones) is 1. The molecule has 0 spiro atoms. The zero-order chi connectivity index (χ0) is 29.3. The lowest BCUT2D eigenvalue weighted by molar-refractivity contribution is -0.274. The van der Waals surface area contributed by atoms with E-state index in [0.29, 0.717) is 27.6 Å². The van der Waals surface area contributed by atoms with Crippen LogP contribution in [0.2, 0.25) is 0 Å². The molecule has 1 N–H and O–H groups in total. The minimum atomic E-state index is -4.94. The average molecular weight is 678 g/mol. The fraction of sp³-hybridized carbons (Fsp3) is 0.185. The van der Waals surface area contributed by atoms with Gasteiger partial charge in [0.25, 0.3) is 5.91 Å². The number of imidazole rings is 1. The van der Waals surface area contributed by atoms with Crippen molar-refractivity contribution in [3.8, 4) is 11.6 Å². The van der Waals surface area contributed by atoms with Gasteiger partial charge in [0.2, 0.25) is 5.60 Å². The molecule has 14 heteroatoms. The Kier molecular flexibility index (Phi) is 6.13. The molecule has 6 rings (SSSR count). The van der Waals surface area contributed by atoms with Gasteiger partial charge < -0.3 is 14.0 Å². The predicted octanol–water partition coefficient (Wildman–Crippen LogP) is 5.27. The Bertz CT molecular complexity index is 1960. The summed E-state index contributed by atoms with van der Waals surface area (Å²) in [6, 6.07) is 13.8. The number of carbonyl (C=O) groups is 2. The number of hydrogen-bond donors (Lipinski definition) is 1. The molecule has 1 saturated heterocycles. The highest BCUT2D eigenvalue weighted by Crippen LogP contribution is 2.33. The van der Waals surface area contributed by atoms with Gasteiger partial charge in [-0.3, -0.25) is 14.7 Å². The molecular formula is C27H18F3IN4O6. The number of alkyl halides is 3. The first-order valence-electron chi connectivity index (χ1n) is 12.0. The standard InChI is InChI=1S/C27H18F3IN4O6/c1-13-3-6-17-21(9-13)41-33-22(17)35-20-11-16(39-27(28,29)30)5-8-19(20)34(25(35)38)12-14-10-15(4-7-18(14)31)26(2)23(36)32-24(37)40-26/h3-11H,12H2,1-2H3,(H,32,36,37)/t26-/m1/s1. The van der Waals surface area contributed by atoms with Crippen molar-refractivity contribution in [2.45, 2.75) is 32.4 Å². The Balaban J connectivity index is 1.53. The van der Waals surface area contributed by atoms with Gasteiger partial charge in [-0.05, 0) is 84.0 Å². The number of fused-ring (bicyclic) bond motifs is 2. The number of imide groups is 1. The van der Waals surface area contributed by atoms with E-state index in [2.05, 4.69) is 37.8 Å². The van der Waals surface area contributed by atoms with Crippen LogP contribution in [0.15, 0.2) is 63.9 Å². The van der Waals surface area contributed by atoms with Gasteiger partial charge in [-0.15, -0.1) is 13.2 Å². The zero-order valence-corrected chi connectivity index (χ0v) is 23.4. The van der Waals surface area contributed by atoms with E-state index in [1.807, 2.05) is 6.92 Å². The molecule has 5 aromatic rings. The quantitative estimate of drug-likeness (QED) is 0.252. The Morgan fingerprint density at radius 2 is 1.83 bits per heavy atom. The van der Waals surface area contributed by atoms with Crippen molar-refractivity contribution in [3.05, 3.63) is 85.3 Å². The number of rotatable bonds is 5. The van der Waals surface area contributed by atoms with E-state index in [4.69, 9.17) is 9.26 Å². The molecule has 0 unspecified atom stereocenters. The van der Waals surface area contributed by atoms with Crippen LogP contribution in [-0.4, -0.2) is 32.7 Å². The molecule has 210 valence electrons. The third kappa shape index (κ3) is 4.61. The second kappa shape index (κ2) is 9.36. The summed E-state index contributed by atoms with van der Waals surface area (Å²) in [6.45, 7) is 3.28. The van der Waals surface area contributed by atoms with E-state index in [0.717, 1.165) is 21.3 Å². The van der Waals surface area contributed by atoms with Crippen molar-refractivity contribution >= 4 is 56.6 Å². The van der Waals surface area contributed by atoms with Gasteiger partial charge in [-0.25, -0.2) is 14.2 Å². The van der Waals surface area contributed by atoms with Crippen molar-refractivity contribution < 1.29 is 36.8 Å². The van der Waals surface area contributed by atoms with E-state index >= 15 is 0 Å². The first-order chi connectivity index (χ1) is 19.3. The van der Waals surface area contributed by atoms with E-state index < -0.39 is 35.4 Å². The van der Waals surface area contributed by atoms with Crippen LogP contribution in [0, 0.1) is 10.5 Å². The number of benzene rings is 3. The number of nitrogens with zero attached hydrogens (tertiary/aromatic N) is 3. The molecule has 3 heterocycles. The van der Waals surface area contributed by atoms with E-state index in [1.54, 1.807) is 36.4 Å². The Morgan fingerprint density at radius 1 is 1.05 bits per heavy atom. The summed E-state index contributed by atoms with van der Waals surface area (Å²) in [4.78, 5) is 38.1. The third-order valence-corrected chi connectivity index (χ3v) is 7.88. The van der Waals surface area contributed by atoms with Crippen LogP contribution in [0.4, 0.5) is 18.0 Å². The molecule has 0 radical (unpaired) electrons. The molecule has 0 saturated carbocycles. The second-order valence-electron chi connectivity index (χ2n) is 9.59. The molecule has 2 amide bonds. The Hall–Kier alpha value is -4.34. The number of nitrogens with one attached hydrogen (secondary N) is 1. The number of aromatic nitrogens is 3. The fourth-order valence-corrected chi connectivity index (χ4v) is 5.31. The number of halogens is 4. The number of alkyl carbamates (subject to hydrolysis) is 1. The lowest BCUT2D eigenvalue weighted by Crippen LogP contribution is -2.33. The maximum atomic E-state index is 14.0. The van der Waals surface area contributed by atoms with Gasteiger partial charge in [0.1, 0.15) is 5.75 Å². The Labute approximate surface area is 241 Å². The van der Waals surface area contributed by atoms with Gasteiger partial charge in [0.05, 0.1) is 23.0 Å². The Morgan fingerprint density at radius 3 is 2.54 bits per heavy atom. The largest absolute Gasteiger partial charge is 0.573 e. The second-order valence-corrected chi connectivity index (χ2v) is 10.8. The summed E-state index contributed by atoms with van der Waals surface area (Å²) in [5.74, 6) is -1.05.